The molecular weight excluding hydrogens is 314 g/mol. The number of aliphatic hydroxyl groups is 1. The van der Waals surface area contributed by atoms with Gasteiger partial charge in [-0.2, -0.15) is 4.73 Å². The lowest BCUT2D eigenvalue weighted by Crippen LogP contribution is -2.44. The minimum atomic E-state index is -1.39. The molecule has 0 saturated heterocycles. The summed E-state index contributed by atoms with van der Waals surface area (Å²) in [6.45, 7) is 8.91. The zero-order valence-corrected chi connectivity index (χ0v) is 15.5. The van der Waals surface area contributed by atoms with E-state index in [-0.39, 0.29) is 5.41 Å². The summed E-state index contributed by atoms with van der Waals surface area (Å²) in [6.07, 6.45) is 2.86. The van der Waals surface area contributed by atoms with E-state index >= 15 is 0 Å². The Bertz CT molecular complexity index is 771. The Balaban J connectivity index is 2.24. The van der Waals surface area contributed by atoms with Crippen molar-refractivity contribution in [3.63, 3.8) is 0 Å². The molecule has 2 heterocycles. The highest BCUT2D eigenvalue weighted by atomic mass is 16.5. The van der Waals surface area contributed by atoms with Gasteiger partial charge in [-0.1, -0.05) is 33.8 Å². The molecule has 0 amide bonds. The highest BCUT2D eigenvalue weighted by molar-refractivity contribution is 5.46. The van der Waals surface area contributed by atoms with Gasteiger partial charge in [0.1, 0.15) is 5.75 Å². The molecular formula is C21H27NO3. The van der Waals surface area contributed by atoms with Crippen LogP contribution in [0, 0.1) is 10.6 Å². The van der Waals surface area contributed by atoms with Gasteiger partial charge in [0.15, 0.2) is 11.8 Å². The van der Waals surface area contributed by atoms with Crippen LogP contribution in [0.25, 0.3) is 0 Å². The number of rotatable bonds is 3. The van der Waals surface area contributed by atoms with Gasteiger partial charge >= 0.3 is 0 Å². The normalized spacial score (nSPS) is 23.2. The first kappa shape index (κ1) is 17.7. The van der Waals surface area contributed by atoms with Crippen LogP contribution in [-0.4, -0.2) is 11.7 Å². The van der Waals surface area contributed by atoms with Crippen LogP contribution >= 0.6 is 0 Å². The van der Waals surface area contributed by atoms with Crippen molar-refractivity contribution in [2.24, 2.45) is 5.41 Å². The molecule has 0 aliphatic carbocycles. The van der Waals surface area contributed by atoms with Crippen molar-refractivity contribution in [2.75, 3.05) is 6.61 Å². The van der Waals surface area contributed by atoms with E-state index in [1.54, 1.807) is 18.2 Å². The predicted molar refractivity (Wildman–Crippen MR) is 97.4 cm³/mol. The molecule has 1 aliphatic heterocycles. The number of pyridine rings is 1. The van der Waals surface area contributed by atoms with Gasteiger partial charge in [0, 0.05) is 23.1 Å². The molecule has 0 saturated carbocycles. The second-order valence-electron chi connectivity index (χ2n) is 7.97. The van der Waals surface area contributed by atoms with Crippen molar-refractivity contribution in [1.82, 2.24) is 0 Å². The first-order valence-corrected chi connectivity index (χ1v) is 8.95. The number of hydrogen-bond acceptors (Lipinski definition) is 3. The van der Waals surface area contributed by atoms with Crippen LogP contribution in [0.4, 0.5) is 0 Å². The standard InChI is InChI=1S/C21H27NO3/c1-5-15(2)16-9-10-18-17(12-16)21(23,13-20(3,4)14-25-18)19-8-6-7-11-22(19)24/h6-12,15,23H,5,13-14H2,1-4H3. The fraction of sp³-hybridized carbons (Fsp3) is 0.476. The lowest BCUT2D eigenvalue weighted by atomic mass is 9.75. The molecule has 0 spiro atoms. The van der Waals surface area contributed by atoms with Crippen LogP contribution in [0.1, 0.15) is 63.3 Å². The molecule has 1 aromatic heterocycles. The monoisotopic (exact) mass is 341 g/mol. The number of ether oxygens (including phenoxy) is 1. The summed E-state index contributed by atoms with van der Waals surface area (Å²) in [5.74, 6) is 1.03. The van der Waals surface area contributed by atoms with Crippen molar-refractivity contribution < 1.29 is 14.6 Å². The third kappa shape index (κ3) is 3.23. The summed E-state index contributed by atoms with van der Waals surface area (Å²) >= 11 is 0. The van der Waals surface area contributed by atoms with Crippen molar-refractivity contribution in [2.45, 2.75) is 52.1 Å². The van der Waals surface area contributed by atoms with Crippen molar-refractivity contribution in [3.05, 3.63) is 64.6 Å². The molecule has 0 fully saturated rings. The summed E-state index contributed by atoms with van der Waals surface area (Å²) in [5.41, 5.74) is 0.522. The van der Waals surface area contributed by atoms with E-state index in [0.29, 0.717) is 36.0 Å². The van der Waals surface area contributed by atoms with E-state index in [1.165, 1.54) is 6.20 Å². The minimum Gasteiger partial charge on any atom is -0.618 e. The van der Waals surface area contributed by atoms with Gasteiger partial charge in [-0.05, 0) is 42.5 Å². The molecule has 0 bridgehead atoms. The molecule has 25 heavy (non-hydrogen) atoms. The molecule has 0 radical (unpaired) electrons. The highest BCUT2D eigenvalue weighted by Gasteiger charge is 2.47. The summed E-state index contributed by atoms with van der Waals surface area (Å²) in [6, 6.07) is 11.2. The Kier molecular flexibility index (Phi) is 4.50. The summed E-state index contributed by atoms with van der Waals surface area (Å²) in [7, 11) is 0. The first-order chi connectivity index (χ1) is 11.8. The molecule has 4 nitrogen and oxygen atoms in total. The SMILES string of the molecule is CCC(C)c1ccc2c(c1)C(O)(c1cccc[n+]1[O-])CC(C)(C)CO2. The lowest BCUT2D eigenvalue weighted by molar-refractivity contribution is -0.622. The van der Waals surface area contributed by atoms with Crippen LogP contribution < -0.4 is 9.47 Å². The van der Waals surface area contributed by atoms with Gasteiger partial charge < -0.3 is 15.1 Å². The quantitative estimate of drug-likeness (QED) is 0.681. The van der Waals surface area contributed by atoms with E-state index in [2.05, 4.69) is 33.8 Å². The third-order valence-electron chi connectivity index (χ3n) is 5.23. The first-order valence-electron chi connectivity index (χ1n) is 8.95. The second-order valence-corrected chi connectivity index (χ2v) is 7.97. The molecule has 4 heteroatoms. The largest absolute Gasteiger partial charge is 0.618 e. The average Bonchev–Trinajstić information content (AvgIpc) is 2.68. The lowest BCUT2D eigenvalue weighted by Gasteiger charge is -2.32. The van der Waals surface area contributed by atoms with Gasteiger partial charge in [0.2, 0.25) is 5.69 Å². The molecule has 3 rings (SSSR count). The summed E-state index contributed by atoms with van der Waals surface area (Å²) in [5, 5.41) is 24.2. The number of fused-ring (bicyclic) bond motifs is 1. The number of hydrogen-bond donors (Lipinski definition) is 1. The van der Waals surface area contributed by atoms with E-state index in [1.807, 2.05) is 12.1 Å². The Hall–Kier alpha value is -2.07. The van der Waals surface area contributed by atoms with E-state index < -0.39 is 5.60 Å². The molecule has 1 N–H and O–H groups in total. The third-order valence-corrected chi connectivity index (χ3v) is 5.23. The summed E-state index contributed by atoms with van der Waals surface area (Å²) in [4.78, 5) is 0. The van der Waals surface area contributed by atoms with Crippen molar-refractivity contribution in [1.29, 1.82) is 0 Å². The van der Waals surface area contributed by atoms with Crippen LogP contribution in [0.3, 0.4) is 0 Å². The maximum Gasteiger partial charge on any atom is 0.229 e. The highest BCUT2D eigenvalue weighted by Crippen LogP contribution is 2.46. The van der Waals surface area contributed by atoms with E-state index in [4.69, 9.17) is 4.74 Å². The van der Waals surface area contributed by atoms with Gasteiger partial charge in [0.05, 0.1) is 6.61 Å². The van der Waals surface area contributed by atoms with Crippen LogP contribution in [-0.2, 0) is 5.60 Å². The maximum absolute atomic E-state index is 12.4. The Morgan fingerprint density at radius 3 is 2.72 bits per heavy atom. The van der Waals surface area contributed by atoms with Crippen molar-refractivity contribution >= 4 is 0 Å². The van der Waals surface area contributed by atoms with Crippen LogP contribution in [0.15, 0.2) is 42.6 Å². The summed E-state index contributed by atoms with van der Waals surface area (Å²) < 4.78 is 6.78. The Labute approximate surface area is 149 Å². The maximum atomic E-state index is 12.4. The number of benzene rings is 1. The van der Waals surface area contributed by atoms with E-state index in [9.17, 15) is 10.3 Å². The Morgan fingerprint density at radius 2 is 2.04 bits per heavy atom. The molecule has 134 valence electrons. The minimum absolute atomic E-state index is 0.271. The zero-order chi connectivity index (χ0) is 18.2. The number of aromatic nitrogens is 1. The average molecular weight is 341 g/mol. The topological polar surface area (TPSA) is 56.4 Å². The predicted octanol–water partition coefficient (Wildman–Crippen LogP) is 3.88. The van der Waals surface area contributed by atoms with Gasteiger partial charge in [-0.25, -0.2) is 0 Å². The molecule has 1 aliphatic rings. The van der Waals surface area contributed by atoms with E-state index in [0.717, 1.165) is 16.7 Å². The fourth-order valence-corrected chi connectivity index (χ4v) is 3.63. The molecule has 1 aromatic carbocycles. The molecule has 2 aromatic rings. The zero-order valence-electron chi connectivity index (χ0n) is 15.5. The Morgan fingerprint density at radius 1 is 1.28 bits per heavy atom. The van der Waals surface area contributed by atoms with Crippen LogP contribution in [0.5, 0.6) is 5.75 Å². The molecule has 2 atom stereocenters. The molecule has 2 unspecified atom stereocenters. The van der Waals surface area contributed by atoms with Crippen LogP contribution in [0.2, 0.25) is 0 Å². The van der Waals surface area contributed by atoms with Gasteiger partial charge in [0.25, 0.3) is 0 Å². The van der Waals surface area contributed by atoms with Crippen molar-refractivity contribution in [3.8, 4) is 5.75 Å². The van der Waals surface area contributed by atoms with Gasteiger partial charge in [-0.3, -0.25) is 0 Å². The fourth-order valence-electron chi connectivity index (χ4n) is 3.63. The van der Waals surface area contributed by atoms with Gasteiger partial charge in [-0.15, -0.1) is 0 Å². The number of nitrogens with zero attached hydrogens (tertiary/aromatic N) is 1. The second kappa shape index (κ2) is 6.34. The smallest absolute Gasteiger partial charge is 0.229 e.